The van der Waals surface area contributed by atoms with E-state index in [1.807, 2.05) is 49.4 Å². The Kier molecular flexibility index (Phi) is 5.30. The second-order valence-electron chi connectivity index (χ2n) is 4.44. The fourth-order valence-electron chi connectivity index (χ4n) is 1.85. The summed E-state index contributed by atoms with van der Waals surface area (Å²) < 4.78 is 12.1. The SMILES string of the molecule is COc1cc(C)ccc1OCCNc1cccc(Br)c1. The average Bonchev–Trinajstić information content (AvgIpc) is 2.45. The zero-order chi connectivity index (χ0) is 14.4. The van der Waals surface area contributed by atoms with Gasteiger partial charge in [0.05, 0.1) is 7.11 Å². The standard InChI is InChI=1S/C16H18BrNO2/c1-12-6-7-15(16(10-12)19-2)20-9-8-18-14-5-3-4-13(17)11-14/h3-7,10-11,18H,8-9H2,1-2H3. The van der Waals surface area contributed by atoms with Crippen LogP contribution in [0.4, 0.5) is 5.69 Å². The Balaban J connectivity index is 1.84. The van der Waals surface area contributed by atoms with Gasteiger partial charge in [0.2, 0.25) is 0 Å². The molecule has 20 heavy (non-hydrogen) atoms. The van der Waals surface area contributed by atoms with E-state index in [1.165, 1.54) is 0 Å². The second-order valence-corrected chi connectivity index (χ2v) is 5.36. The Morgan fingerprint density at radius 3 is 2.70 bits per heavy atom. The van der Waals surface area contributed by atoms with Crippen LogP contribution in [0.2, 0.25) is 0 Å². The van der Waals surface area contributed by atoms with E-state index in [4.69, 9.17) is 9.47 Å². The van der Waals surface area contributed by atoms with Gasteiger partial charge in [-0.2, -0.15) is 0 Å². The first-order valence-electron chi connectivity index (χ1n) is 6.46. The number of hydrogen-bond donors (Lipinski definition) is 1. The second kappa shape index (κ2) is 7.20. The molecule has 0 aliphatic heterocycles. The lowest BCUT2D eigenvalue weighted by molar-refractivity contribution is 0.305. The average molecular weight is 336 g/mol. The molecule has 0 fully saturated rings. The first-order valence-corrected chi connectivity index (χ1v) is 7.25. The zero-order valence-corrected chi connectivity index (χ0v) is 13.2. The third-order valence-electron chi connectivity index (χ3n) is 2.83. The molecule has 0 radical (unpaired) electrons. The number of benzene rings is 2. The lowest BCUT2D eigenvalue weighted by Gasteiger charge is -2.12. The van der Waals surface area contributed by atoms with Crippen LogP contribution in [0.5, 0.6) is 11.5 Å². The van der Waals surface area contributed by atoms with Crippen LogP contribution < -0.4 is 14.8 Å². The predicted octanol–water partition coefficient (Wildman–Crippen LogP) is 4.26. The molecule has 0 amide bonds. The fourth-order valence-corrected chi connectivity index (χ4v) is 2.25. The van der Waals surface area contributed by atoms with Gasteiger partial charge in [-0.3, -0.25) is 0 Å². The van der Waals surface area contributed by atoms with Crippen molar-refractivity contribution in [1.29, 1.82) is 0 Å². The molecule has 1 N–H and O–H groups in total. The number of halogens is 1. The Labute approximate surface area is 128 Å². The molecular weight excluding hydrogens is 318 g/mol. The Morgan fingerprint density at radius 1 is 1.10 bits per heavy atom. The molecular formula is C16H18BrNO2. The number of hydrogen-bond acceptors (Lipinski definition) is 3. The molecule has 0 aliphatic carbocycles. The van der Waals surface area contributed by atoms with Gasteiger partial charge >= 0.3 is 0 Å². The third-order valence-corrected chi connectivity index (χ3v) is 3.33. The van der Waals surface area contributed by atoms with Gasteiger partial charge in [0.25, 0.3) is 0 Å². The van der Waals surface area contributed by atoms with Crippen LogP contribution >= 0.6 is 15.9 Å². The Bertz CT molecular complexity index is 572. The maximum atomic E-state index is 5.74. The molecule has 0 spiro atoms. The minimum absolute atomic E-state index is 0.575. The van der Waals surface area contributed by atoms with E-state index in [9.17, 15) is 0 Å². The highest BCUT2D eigenvalue weighted by Crippen LogP contribution is 2.27. The predicted molar refractivity (Wildman–Crippen MR) is 85.9 cm³/mol. The summed E-state index contributed by atoms with van der Waals surface area (Å²) in [4.78, 5) is 0. The molecule has 4 heteroatoms. The third kappa shape index (κ3) is 4.17. The number of nitrogens with one attached hydrogen (secondary N) is 1. The van der Waals surface area contributed by atoms with Gasteiger partial charge in [-0.15, -0.1) is 0 Å². The zero-order valence-electron chi connectivity index (χ0n) is 11.7. The van der Waals surface area contributed by atoms with Gasteiger partial charge in [0.15, 0.2) is 11.5 Å². The van der Waals surface area contributed by atoms with Crippen LogP contribution in [0.25, 0.3) is 0 Å². The molecule has 2 aromatic rings. The van der Waals surface area contributed by atoms with Gasteiger partial charge in [-0.25, -0.2) is 0 Å². The minimum atomic E-state index is 0.575. The Morgan fingerprint density at radius 2 is 1.95 bits per heavy atom. The van der Waals surface area contributed by atoms with Gasteiger partial charge in [-0.1, -0.05) is 28.1 Å². The molecule has 0 unspecified atom stereocenters. The summed E-state index contributed by atoms with van der Waals surface area (Å²) in [6.07, 6.45) is 0. The van der Waals surface area contributed by atoms with Crippen molar-refractivity contribution in [3.63, 3.8) is 0 Å². The first-order chi connectivity index (χ1) is 9.69. The highest BCUT2D eigenvalue weighted by Gasteiger charge is 2.03. The van der Waals surface area contributed by atoms with Crippen molar-refractivity contribution in [2.75, 3.05) is 25.6 Å². The van der Waals surface area contributed by atoms with Crippen molar-refractivity contribution < 1.29 is 9.47 Å². The molecule has 3 nitrogen and oxygen atoms in total. The molecule has 0 atom stereocenters. The van der Waals surface area contributed by atoms with Gasteiger partial charge in [0, 0.05) is 16.7 Å². The summed E-state index contributed by atoms with van der Waals surface area (Å²) in [6.45, 7) is 3.33. The number of methoxy groups -OCH3 is 1. The molecule has 2 rings (SSSR count). The molecule has 0 aromatic heterocycles. The van der Waals surface area contributed by atoms with Crippen molar-refractivity contribution >= 4 is 21.6 Å². The highest BCUT2D eigenvalue weighted by molar-refractivity contribution is 9.10. The summed E-state index contributed by atoms with van der Waals surface area (Å²) in [7, 11) is 1.65. The number of rotatable bonds is 6. The molecule has 0 heterocycles. The maximum Gasteiger partial charge on any atom is 0.161 e. The summed E-state index contributed by atoms with van der Waals surface area (Å²) >= 11 is 3.45. The summed E-state index contributed by atoms with van der Waals surface area (Å²) in [5.41, 5.74) is 2.22. The van der Waals surface area contributed by atoms with Crippen LogP contribution in [-0.2, 0) is 0 Å². The number of aryl methyl sites for hydroxylation is 1. The lowest BCUT2D eigenvalue weighted by atomic mass is 10.2. The van der Waals surface area contributed by atoms with E-state index >= 15 is 0 Å². The molecule has 0 bridgehead atoms. The van der Waals surface area contributed by atoms with E-state index in [0.717, 1.165) is 33.8 Å². The normalized spacial score (nSPS) is 10.2. The van der Waals surface area contributed by atoms with Crippen LogP contribution in [0, 0.1) is 6.92 Å². The number of anilines is 1. The van der Waals surface area contributed by atoms with E-state index in [0.29, 0.717) is 6.61 Å². The number of ether oxygens (including phenoxy) is 2. The summed E-state index contributed by atoms with van der Waals surface area (Å²) in [6, 6.07) is 14.0. The molecule has 0 saturated heterocycles. The van der Waals surface area contributed by atoms with Crippen molar-refractivity contribution in [1.82, 2.24) is 0 Å². The maximum absolute atomic E-state index is 5.74. The van der Waals surface area contributed by atoms with E-state index in [2.05, 4.69) is 21.2 Å². The van der Waals surface area contributed by atoms with Crippen molar-refractivity contribution in [3.8, 4) is 11.5 Å². The topological polar surface area (TPSA) is 30.5 Å². The fraction of sp³-hybridized carbons (Fsp3) is 0.250. The molecule has 0 saturated carbocycles. The molecule has 106 valence electrons. The Hall–Kier alpha value is -1.68. The summed E-state index contributed by atoms with van der Waals surface area (Å²) in [5.74, 6) is 1.54. The van der Waals surface area contributed by atoms with Crippen LogP contribution in [0.3, 0.4) is 0 Å². The van der Waals surface area contributed by atoms with Crippen LogP contribution in [0.15, 0.2) is 46.9 Å². The van der Waals surface area contributed by atoms with E-state index < -0.39 is 0 Å². The highest BCUT2D eigenvalue weighted by atomic mass is 79.9. The van der Waals surface area contributed by atoms with Crippen molar-refractivity contribution in [2.24, 2.45) is 0 Å². The smallest absolute Gasteiger partial charge is 0.161 e. The molecule has 0 aliphatic rings. The van der Waals surface area contributed by atoms with Crippen molar-refractivity contribution in [3.05, 3.63) is 52.5 Å². The summed E-state index contributed by atoms with van der Waals surface area (Å²) in [5, 5.41) is 3.31. The van der Waals surface area contributed by atoms with Gasteiger partial charge in [0.1, 0.15) is 6.61 Å². The van der Waals surface area contributed by atoms with Gasteiger partial charge in [-0.05, 0) is 42.8 Å². The van der Waals surface area contributed by atoms with Crippen LogP contribution in [0.1, 0.15) is 5.56 Å². The first kappa shape index (κ1) is 14.7. The monoisotopic (exact) mass is 335 g/mol. The van der Waals surface area contributed by atoms with Gasteiger partial charge < -0.3 is 14.8 Å². The lowest BCUT2D eigenvalue weighted by Crippen LogP contribution is -2.11. The van der Waals surface area contributed by atoms with Crippen molar-refractivity contribution in [2.45, 2.75) is 6.92 Å². The van der Waals surface area contributed by atoms with Crippen LogP contribution in [-0.4, -0.2) is 20.3 Å². The largest absolute Gasteiger partial charge is 0.493 e. The van der Waals surface area contributed by atoms with E-state index in [1.54, 1.807) is 7.11 Å². The minimum Gasteiger partial charge on any atom is -0.493 e. The van der Waals surface area contributed by atoms with E-state index in [-0.39, 0.29) is 0 Å². The molecule has 2 aromatic carbocycles. The quantitative estimate of drug-likeness (QED) is 0.800.